The average molecular weight is 458 g/mol. The van der Waals surface area contributed by atoms with Crippen LogP contribution in [0.1, 0.15) is 30.6 Å². The van der Waals surface area contributed by atoms with Gasteiger partial charge in [-0.15, -0.1) is 11.8 Å². The third-order valence-corrected chi connectivity index (χ3v) is 5.71. The van der Waals surface area contributed by atoms with Gasteiger partial charge in [0, 0.05) is 29.1 Å². The molecule has 170 valence electrons. The SMILES string of the molecule is COc1cc(C(=O)NNC(=O)C2CC(=O)N(c3ccc(SC)cc3)C2)ccc1OC(C)C. The number of carbonyl (C=O) groups is 3. The van der Waals surface area contributed by atoms with Crippen molar-refractivity contribution in [2.45, 2.75) is 31.3 Å². The van der Waals surface area contributed by atoms with Gasteiger partial charge in [0.1, 0.15) is 0 Å². The summed E-state index contributed by atoms with van der Waals surface area (Å²) in [6.07, 6.45) is 2.02. The Labute approximate surface area is 191 Å². The molecule has 2 aromatic rings. The van der Waals surface area contributed by atoms with Crippen molar-refractivity contribution in [1.82, 2.24) is 10.9 Å². The molecule has 1 saturated heterocycles. The van der Waals surface area contributed by atoms with Crippen molar-refractivity contribution in [3.05, 3.63) is 48.0 Å². The van der Waals surface area contributed by atoms with Gasteiger partial charge in [-0.25, -0.2) is 0 Å². The van der Waals surface area contributed by atoms with Crippen molar-refractivity contribution in [1.29, 1.82) is 0 Å². The van der Waals surface area contributed by atoms with Gasteiger partial charge in [-0.1, -0.05) is 0 Å². The number of hydrogen-bond acceptors (Lipinski definition) is 6. The highest BCUT2D eigenvalue weighted by molar-refractivity contribution is 7.98. The Bertz CT molecular complexity index is 994. The summed E-state index contributed by atoms with van der Waals surface area (Å²) < 4.78 is 10.9. The van der Waals surface area contributed by atoms with Crippen LogP contribution in [0.4, 0.5) is 5.69 Å². The molecule has 2 N–H and O–H groups in total. The molecule has 1 fully saturated rings. The first kappa shape index (κ1) is 23.5. The minimum atomic E-state index is -0.556. The van der Waals surface area contributed by atoms with Gasteiger partial charge in [-0.3, -0.25) is 25.2 Å². The first-order chi connectivity index (χ1) is 15.3. The first-order valence-electron chi connectivity index (χ1n) is 10.2. The number of nitrogens with one attached hydrogen (secondary N) is 2. The first-order valence-corrected chi connectivity index (χ1v) is 11.4. The molecule has 3 amide bonds. The van der Waals surface area contributed by atoms with Crippen LogP contribution in [0.15, 0.2) is 47.4 Å². The predicted octanol–water partition coefficient (Wildman–Crippen LogP) is 3.02. The van der Waals surface area contributed by atoms with Crippen LogP contribution in [0.5, 0.6) is 11.5 Å². The van der Waals surface area contributed by atoms with Crippen LogP contribution >= 0.6 is 11.8 Å². The molecule has 1 atom stereocenters. The molecule has 0 spiro atoms. The Balaban J connectivity index is 1.58. The number of thioether (sulfide) groups is 1. The maximum atomic E-state index is 12.5. The van der Waals surface area contributed by atoms with E-state index in [1.54, 1.807) is 28.8 Å². The quantitative estimate of drug-likeness (QED) is 0.490. The summed E-state index contributed by atoms with van der Waals surface area (Å²) >= 11 is 1.62. The van der Waals surface area contributed by atoms with Crippen molar-refractivity contribution in [2.75, 3.05) is 24.8 Å². The topological polar surface area (TPSA) is 97.0 Å². The number of hydrogen-bond donors (Lipinski definition) is 2. The van der Waals surface area contributed by atoms with Crippen LogP contribution in [0.25, 0.3) is 0 Å². The van der Waals surface area contributed by atoms with Crippen LogP contribution in [-0.2, 0) is 9.59 Å². The van der Waals surface area contributed by atoms with Crippen molar-refractivity contribution < 1.29 is 23.9 Å². The molecule has 0 aromatic heterocycles. The summed E-state index contributed by atoms with van der Waals surface area (Å²) in [4.78, 5) is 40.1. The lowest BCUT2D eigenvalue weighted by Crippen LogP contribution is -2.45. The zero-order valence-electron chi connectivity index (χ0n) is 18.5. The number of anilines is 1. The fourth-order valence-corrected chi connectivity index (χ4v) is 3.76. The standard InChI is InChI=1S/C23H27N3O5S/c1-14(2)31-19-10-5-15(11-20(19)30-3)22(28)24-25-23(29)16-12-21(27)26(13-16)17-6-8-18(32-4)9-7-17/h5-11,14,16H,12-13H2,1-4H3,(H,24,28)(H,25,29). The molecule has 9 heteroatoms. The number of carbonyl (C=O) groups excluding carboxylic acids is 3. The van der Waals surface area contributed by atoms with Gasteiger partial charge in [-0.2, -0.15) is 0 Å². The van der Waals surface area contributed by atoms with Gasteiger partial charge in [0.25, 0.3) is 5.91 Å². The molecule has 0 radical (unpaired) electrons. The number of amides is 3. The zero-order valence-corrected chi connectivity index (χ0v) is 19.3. The maximum absolute atomic E-state index is 12.5. The molecule has 1 unspecified atom stereocenters. The van der Waals surface area contributed by atoms with Crippen molar-refractivity contribution in [3.8, 4) is 11.5 Å². The molecule has 0 aliphatic carbocycles. The fourth-order valence-electron chi connectivity index (χ4n) is 3.35. The molecule has 0 saturated carbocycles. The van der Waals surface area contributed by atoms with Gasteiger partial charge in [0.15, 0.2) is 11.5 Å². The number of ether oxygens (including phenoxy) is 2. The van der Waals surface area contributed by atoms with Crippen LogP contribution in [0.2, 0.25) is 0 Å². The second-order valence-electron chi connectivity index (χ2n) is 7.58. The van der Waals surface area contributed by atoms with Crippen LogP contribution < -0.4 is 25.2 Å². The normalized spacial score (nSPS) is 15.6. The van der Waals surface area contributed by atoms with E-state index in [-0.39, 0.29) is 25.0 Å². The van der Waals surface area contributed by atoms with Gasteiger partial charge >= 0.3 is 0 Å². The van der Waals surface area contributed by atoms with Gasteiger partial charge in [0.2, 0.25) is 11.8 Å². The Kier molecular flexibility index (Phi) is 7.63. The van der Waals surface area contributed by atoms with Crippen LogP contribution in [0.3, 0.4) is 0 Å². The van der Waals surface area contributed by atoms with Crippen LogP contribution in [0, 0.1) is 5.92 Å². The van der Waals surface area contributed by atoms with E-state index < -0.39 is 17.7 Å². The van der Waals surface area contributed by atoms with E-state index >= 15 is 0 Å². The molecule has 8 nitrogen and oxygen atoms in total. The highest BCUT2D eigenvalue weighted by atomic mass is 32.2. The predicted molar refractivity (Wildman–Crippen MR) is 123 cm³/mol. The molecule has 1 aliphatic rings. The van der Waals surface area contributed by atoms with Crippen LogP contribution in [-0.4, -0.2) is 43.7 Å². The van der Waals surface area contributed by atoms with Gasteiger partial charge < -0.3 is 14.4 Å². The van der Waals surface area contributed by atoms with E-state index in [0.29, 0.717) is 17.1 Å². The lowest BCUT2D eigenvalue weighted by molar-refractivity contribution is -0.126. The van der Waals surface area contributed by atoms with Crippen molar-refractivity contribution in [2.24, 2.45) is 5.92 Å². The molecule has 1 aliphatic heterocycles. The average Bonchev–Trinajstić information content (AvgIpc) is 3.18. The van der Waals surface area contributed by atoms with E-state index in [9.17, 15) is 14.4 Å². The molecule has 2 aromatic carbocycles. The summed E-state index contributed by atoms with van der Waals surface area (Å²) in [6.45, 7) is 4.04. The Morgan fingerprint density at radius 1 is 1.09 bits per heavy atom. The lowest BCUT2D eigenvalue weighted by atomic mass is 10.1. The summed E-state index contributed by atoms with van der Waals surface area (Å²) in [5, 5.41) is 0. The number of rotatable bonds is 7. The van der Waals surface area contributed by atoms with E-state index in [0.717, 1.165) is 10.6 Å². The maximum Gasteiger partial charge on any atom is 0.269 e. The van der Waals surface area contributed by atoms with Gasteiger partial charge in [0.05, 0.1) is 19.1 Å². The Morgan fingerprint density at radius 3 is 2.44 bits per heavy atom. The molecule has 32 heavy (non-hydrogen) atoms. The summed E-state index contributed by atoms with van der Waals surface area (Å²) in [5.41, 5.74) is 5.88. The summed E-state index contributed by atoms with van der Waals surface area (Å²) in [5.74, 6) is -0.651. The molecule has 3 rings (SSSR count). The second-order valence-corrected chi connectivity index (χ2v) is 8.46. The number of nitrogens with zero attached hydrogens (tertiary/aromatic N) is 1. The van der Waals surface area contributed by atoms with Crippen molar-refractivity contribution in [3.63, 3.8) is 0 Å². The minimum absolute atomic E-state index is 0.0416. The van der Waals surface area contributed by atoms with E-state index in [4.69, 9.17) is 9.47 Å². The lowest BCUT2D eigenvalue weighted by Gasteiger charge is -2.17. The number of methoxy groups -OCH3 is 1. The minimum Gasteiger partial charge on any atom is -0.493 e. The highest BCUT2D eigenvalue weighted by Gasteiger charge is 2.35. The van der Waals surface area contributed by atoms with E-state index in [1.165, 1.54) is 13.2 Å². The van der Waals surface area contributed by atoms with Gasteiger partial charge in [-0.05, 0) is 62.6 Å². The summed E-state index contributed by atoms with van der Waals surface area (Å²) in [6, 6.07) is 12.4. The molecule has 1 heterocycles. The second kappa shape index (κ2) is 10.4. The summed E-state index contributed by atoms with van der Waals surface area (Å²) in [7, 11) is 1.49. The molecular weight excluding hydrogens is 430 g/mol. The Hall–Kier alpha value is -3.20. The smallest absolute Gasteiger partial charge is 0.269 e. The van der Waals surface area contributed by atoms with E-state index in [2.05, 4.69) is 10.9 Å². The highest BCUT2D eigenvalue weighted by Crippen LogP contribution is 2.29. The molecular formula is C23H27N3O5S. The zero-order chi connectivity index (χ0) is 23.3. The third-order valence-electron chi connectivity index (χ3n) is 4.97. The monoisotopic (exact) mass is 457 g/mol. The Morgan fingerprint density at radius 2 is 1.81 bits per heavy atom. The molecule has 0 bridgehead atoms. The number of benzene rings is 2. The van der Waals surface area contributed by atoms with E-state index in [1.807, 2.05) is 44.4 Å². The fraction of sp³-hybridized carbons (Fsp3) is 0.348. The largest absolute Gasteiger partial charge is 0.493 e. The van der Waals surface area contributed by atoms with Crippen molar-refractivity contribution >= 4 is 35.2 Å². The third kappa shape index (κ3) is 5.53. The number of hydrazine groups is 1.